The van der Waals surface area contributed by atoms with Crippen LogP contribution in [0.2, 0.25) is 0 Å². The quantitative estimate of drug-likeness (QED) is 0.135. The second-order valence-corrected chi connectivity index (χ2v) is 21.9. The van der Waals surface area contributed by atoms with Gasteiger partial charge < -0.3 is 14.7 Å². The molecule has 3 nitrogen and oxygen atoms in total. The molecule has 11 aromatic carbocycles. The van der Waals surface area contributed by atoms with Crippen molar-refractivity contribution in [2.24, 2.45) is 0 Å². The van der Waals surface area contributed by atoms with Gasteiger partial charge in [0.05, 0.1) is 0 Å². The van der Waals surface area contributed by atoms with E-state index in [-0.39, 0.29) is 5.41 Å². The Morgan fingerprint density at radius 2 is 0.743 bits per heavy atom. The molecule has 0 unspecified atom stereocenters. The van der Waals surface area contributed by atoms with Gasteiger partial charge >= 0.3 is 0 Å². The van der Waals surface area contributed by atoms with Crippen LogP contribution in [-0.2, 0) is 5.41 Å². The first-order chi connectivity index (χ1) is 36.4. The Morgan fingerprint density at radius 3 is 1.49 bits per heavy atom. The first-order valence-electron chi connectivity index (χ1n) is 25.3. The second-order valence-electron chi connectivity index (χ2n) is 19.7. The summed E-state index contributed by atoms with van der Waals surface area (Å²) >= 11 is 3.73. The first-order valence-corrected chi connectivity index (χ1v) is 26.9. The van der Waals surface area contributed by atoms with Crippen molar-refractivity contribution in [3.63, 3.8) is 0 Å². The van der Waals surface area contributed by atoms with Gasteiger partial charge in [-0.15, -0.1) is 22.7 Å². The molecule has 74 heavy (non-hydrogen) atoms. The van der Waals surface area contributed by atoms with E-state index in [2.05, 4.69) is 289 Å². The summed E-state index contributed by atoms with van der Waals surface area (Å²) in [6.07, 6.45) is 0. The van der Waals surface area contributed by atoms with E-state index in [1.165, 1.54) is 73.7 Å². The van der Waals surface area contributed by atoms with Gasteiger partial charge in [-0.3, -0.25) is 0 Å². The van der Waals surface area contributed by atoms with Crippen LogP contribution >= 0.6 is 22.7 Å². The normalized spacial score (nSPS) is 12.6. The monoisotopic (exact) mass is 983 g/mol. The Bertz CT molecular complexity index is 4210. The number of hydrogen-bond acceptors (Lipinski definition) is 5. The lowest BCUT2D eigenvalue weighted by Crippen LogP contribution is -2.17. The Hall–Kier alpha value is -8.74. The van der Waals surface area contributed by atoms with Crippen molar-refractivity contribution in [1.29, 1.82) is 0 Å². The van der Waals surface area contributed by atoms with Crippen LogP contribution in [0.5, 0.6) is 0 Å². The highest BCUT2D eigenvalue weighted by Gasteiger charge is 2.36. The molecule has 0 saturated carbocycles. The zero-order valence-electron chi connectivity index (χ0n) is 41.0. The lowest BCUT2D eigenvalue weighted by molar-refractivity contribution is 0.660. The summed E-state index contributed by atoms with van der Waals surface area (Å²) in [6, 6.07) is 95.8. The van der Waals surface area contributed by atoms with E-state index in [0.29, 0.717) is 0 Å². The zero-order chi connectivity index (χ0) is 49.3. The highest BCUT2D eigenvalue weighted by Crippen LogP contribution is 2.52. The number of nitrogens with zero attached hydrogens (tertiary/aromatic N) is 3. The summed E-state index contributed by atoms with van der Waals surface area (Å²) in [5, 5.41) is 5.11. The van der Waals surface area contributed by atoms with Gasteiger partial charge in [0.1, 0.15) is 0 Å². The average molecular weight is 984 g/mol. The van der Waals surface area contributed by atoms with Crippen molar-refractivity contribution in [3.8, 4) is 22.3 Å². The molecule has 14 rings (SSSR count). The molecule has 0 bridgehead atoms. The highest BCUT2D eigenvalue weighted by atomic mass is 32.1. The summed E-state index contributed by atoms with van der Waals surface area (Å²) in [5.41, 5.74) is 17.6. The molecule has 2 heterocycles. The lowest BCUT2D eigenvalue weighted by atomic mass is 9.82. The third-order valence-electron chi connectivity index (χ3n) is 15.0. The van der Waals surface area contributed by atoms with Crippen LogP contribution in [0.25, 0.3) is 62.6 Å². The molecular formula is C69H49N3S2. The molecule has 0 atom stereocenters. The minimum absolute atomic E-state index is 0.161. The largest absolute Gasteiger partial charge is 0.310 e. The Morgan fingerprint density at radius 1 is 0.270 bits per heavy atom. The number of fused-ring (bicyclic) bond motifs is 9. The van der Waals surface area contributed by atoms with Crippen LogP contribution in [0.15, 0.2) is 261 Å². The van der Waals surface area contributed by atoms with Crippen molar-refractivity contribution >= 4 is 114 Å². The number of thiophene rings is 2. The van der Waals surface area contributed by atoms with Gasteiger partial charge in [-0.25, -0.2) is 0 Å². The molecule has 1 aliphatic carbocycles. The van der Waals surface area contributed by atoms with Crippen molar-refractivity contribution in [3.05, 3.63) is 272 Å². The number of benzene rings is 11. The molecule has 0 aliphatic heterocycles. The van der Waals surface area contributed by atoms with Gasteiger partial charge in [-0.05, 0) is 149 Å². The molecule has 0 radical (unpaired) electrons. The molecule has 2 aromatic heterocycles. The minimum Gasteiger partial charge on any atom is -0.310 e. The molecule has 0 fully saturated rings. The third-order valence-corrected chi connectivity index (χ3v) is 17.3. The van der Waals surface area contributed by atoms with Crippen LogP contribution in [0, 0.1) is 0 Å². The maximum atomic E-state index is 2.46. The molecule has 0 spiro atoms. The van der Waals surface area contributed by atoms with Gasteiger partial charge in [-0.2, -0.15) is 0 Å². The number of anilines is 9. The molecule has 1 aliphatic rings. The van der Waals surface area contributed by atoms with Gasteiger partial charge in [0.25, 0.3) is 0 Å². The minimum atomic E-state index is -0.161. The van der Waals surface area contributed by atoms with E-state index in [0.717, 1.165) is 51.2 Å². The fourth-order valence-electron chi connectivity index (χ4n) is 11.5. The average Bonchev–Trinajstić information content (AvgIpc) is 4.12. The van der Waals surface area contributed by atoms with Crippen molar-refractivity contribution in [1.82, 2.24) is 0 Å². The Balaban J connectivity index is 0.916. The first kappa shape index (κ1) is 44.0. The van der Waals surface area contributed by atoms with E-state index in [4.69, 9.17) is 0 Å². The van der Waals surface area contributed by atoms with Crippen molar-refractivity contribution in [2.75, 3.05) is 14.7 Å². The molecule has 0 saturated heterocycles. The lowest BCUT2D eigenvalue weighted by Gasteiger charge is -2.30. The number of para-hydroxylation sites is 3. The van der Waals surface area contributed by atoms with Crippen LogP contribution < -0.4 is 14.7 Å². The van der Waals surface area contributed by atoms with Crippen LogP contribution in [-0.4, -0.2) is 0 Å². The van der Waals surface area contributed by atoms with E-state index >= 15 is 0 Å². The molecule has 13 aromatic rings. The van der Waals surface area contributed by atoms with E-state index in [1.54, 1.807) is 0 Å². The second kappa shape index (κ2) is 17.8. The maximum absolute atomic E-state index is 2.46. The predicted molar refractivity (Wildman–Crippen MR) is 319 cm³/mol. The molecule has 352 valence electrons. The van der Waals surface area contributed by atoms with Gasteiger partial charge in [0, 0.05) is 96.9 Å². The van der Waals surface area contributed by atoms with Crippen LogP contribution in [0.1, 0.15) is 25.0 Å². The molecule has 5 heteroatoms. The molecular weight excluding hydrogens is 935 g/mol. The predicted octanol–water partition coefficient (Wildman–Crippen LogP) is 20.8. The third kappa shape index (κ3) is 7.38. The Kier molecular flexibility index (Phi) is 10.6. The van der Waals surface area contributed by atoms with Gasteiger partial charge in [0.2, 0.25) is 0 Å². The molecule has 0 amide bonds. The smallest absolute Gasteiger partial charge is 0.0482 e. The number of hydrogen-bond donors (Lipinski definition) is 0. The Labute approximate surface area is 439 Å². The summed E-state index contributed by atoms with van der Waals surface area (Å²) in [7, 11) is 0. The maximum Gasteiger partial charge on any atom is 0.0482 e. The summed E-state index contributed by atoms with van der Waals surface area (Å²) in [5.74, 6) is 0. The summed E-state index contributed by atoms with van der Waals surface area (Å²) in [4.78, 5) is 7.21. The van der Waals surface area contributed by atoms with Crippen LogP contribution in [0.3, 0.4) is 0 Å². The zero-order valence-corrected chi connectivity index (χ0v) is 42.6. The number of rotatable bonds is 10. The van der Waals surface area contributed by atoms with E-state index < -0.39 is 0 Å². The standard InChI is InChI=1S/C69H49N3S2/c1-69(2)63-33-14-12-29-57(63)58-38-35-54(44-64(58)69)72(55-36-39-60-62-43-53(37-40-66(62)73-67(60)45-55)70(47-20-6-3-7-21-47)48-22-8-4-9-23-48)52-28-17-27-51(42-52)71(49-24-10-5-11-25-49)50-26-16-19-46(41-50)56-31-18-32-61-59-30-13-15-34-65(59)74-68(56)61/h3-45H,1-2H3. The SMILES string of the molecule is CC1(C)c2ccccc2-c2ccc(N(c3cccc(N(c4ccccc4)c4cccc(-c5cccc6c5sc5ccccc56)c4)c3)c3ccc4c(c3)sc3ccc(N(c5ccccc5)c5ccccc5)cc34)cc21. The fourth-order valence-corrected chi connectivity index (χ4v) is 13.9. The highest BCUT2D eigenvalue weighted by molar-refractivity contribution is 7.26. The van der Waals surface area contributed by atoms with E-state index in [9.17, 15) is 0 Å². The van der Waals surface area contributed by atoms with Crippen molar-refractivity contribution in [2.45, 2.75) is 19.3 Å². The van der Waals surface area contributed by atoms with Gasteiger partial charge in [0.15, 0.2) is 0 Å². The summed E-state index contributed by atoms with van der Waals surface area (Å²) < 4.78 is 5.13. The van der Waals surface area contributed by atoms with E-state index in [1.807, 2.05) is 22.7 Å². The van der Waals surface area contributed by atoms with Crippen LogP contribution in [0.4, 0.5) is 51.2 Å². The summed E-state index contributed by atoms with van der Waals surface area (Å²) in [6.45, 7) is 4.74. The molecule has 0 N–H and O–H groups in total. The van der Waals surface area contributed by atoms with Crippen molar-refractivity contribution < 1.29 is 0 Å². The van der Waals surface area contributed by atoms with Gasteiger partial charge in [-0.1, -0.05) is 159 Å². The fraction of sp³-hybridized carbons (Fsp3) is 0.0435. The topological polar surface area (TPSA) is 9.72 Å².